The van der Waals surface area contributed by atoms with Crippen LogP contribution in [0, 0.1) is 0 Å². The third kappa shape index (κ3) is 2.18. The van der Waals surface area contributed by atoms with Crippen molar-refractivity contribution in [3.8, 4) is 0 Å². The number of aromatic nitrogens is 2. The second-order valence-electron chi connectivity index (χ2n) is 4.04. The van der Waals surface area contributed by atoms with Crippen LogP contribution >= 0.6 is 11.6 Å². The summed E-state index contributed by atoms with van der Waals surface area (Å²) in [5.74, 6) is -0.249. The van der Waals surface area contributed by atoms with E-state index in [2.05, 4.69) is 15.3 Å². The first-order valence-electron chi connectivity index (χ1n) is 5.73. The van der Waals surface area contributed by atoms with E-state index in [0.29, 0.717) is 16.3 Å². The van der Waals surface area contributed by atoms with E-state index >= 15 is 0 Å². The average molecular weight is 272 g/mol. The quantitative estimate of drug-likeness (QED) is 0.750. The minimum Gasteiger partial charge on any atom is -0.345 e. The van der Waals surface area contributed by atoms with Gasteiger partial charge in [0.25, 0.3) is 5.91 Å². The molecule has 5 heteroatoms. The molecule has 4 nitrogen and oxygen atoms in total. The number of hydrogen-bond acceptors (Lipinski definition) is 2. The number of nitrogens with one attached hydrogen (secondary N) is 2. The number of imidazole rings is 1. The van der Waals surface area contributed by atoms with E-state index in [1.54, 1.807) is 36.7 Å². The lowest BCUT2D eigenvalue weighted by Crippen LogP contribution is -2.12. The molecule has 0 unspecified atom stereocenters. The number of amides is 1. The number of fused-ring (bicyclic) bond motifs is 1. The van der Waals surface area contributed by atoms with Gasteiger partial charge < -0.3 is 10.3 Å². The summed E-state index contributed by atoms with van der Waals surface area (Å²) >= 11 is 6.00. The second-order valence-corrected chi connectivity index (χ2v) is 4.45. The number of carbonyl (C=O) groups excluding carboxylic acids is 1. The van der Waals surface area contributed by atoms with Gasteiger partial charge in [0.15, 0.2) is 0 Å². The van der Waals surface area contributed by atoms with Gasteiger partial charge in [-0.05, 0) is 24.3 Å². The van der Waals surface area contributed by atoms with Gasteiger partial charge >= 0.3 is 0 Å². The van der Waals surface area contributed by atoms with Crippen molar-refractivity contribution in [2.75, 3.05) is 5.32 Å². The molecule has 3 rings (SSSR count). The number of H-pyrrole nitrogens is 1. The molecule has 0 spiro atoms. The van der Waals surface area contributed by atoms with E-state index in [9.17, 15) is 4.79 Å². The minimum atomic E-state index is -0.249. The molecule has 1 heterocycles. The Balaban J connectivity index is 1.95. The van der Waals surface area contributed by atoms with Crippen LogP contribution in [0.5, 0.6) is 0 Å². The van der Waals surface area contributed by atoms with Crippen molar-refractivity contribution in [2.24, 2.45) is 0 Å². The van der Waals surface area contributed by atoms with Gasteiger partial charge in [0.05, 0.1) is 28.1 Å². The number of anilines is 1. The normalized spacial score (nSPS) is 10.6. The van der Waals surface area contributed by atoms with Crippen LogP contribution in [-0.2, 0) is 0 Å². The van der Waals surface area contributed by atoms with Crippen LogP contribution in [0.25, 0.3) is 11.0 Å². The van der Waals surface area contributed by atoms with Crippen LogP contribution < -0.4 is 5.32 Å². The number of para-hydroxylation sites is 1. The largest absolute Gasteiger partial charge is 0.345 e. The molecule has 0 bridgehead atoms. The molecule has 1 amide bonds. The van der Waals surface area contributed by atoms with E-state index < -0.39 is 0 Å². The summed E-state index contributed by atoms with van der Waals surface area (Å²) < 4.78 is 0. The van der Waals surface area contributed by atoms with Gasteiger partial charge in [-0.2, -0.15) is 0 Å². The Morgan fingerprint density at radius 3 is 2.84 bits per heavy atom. The monoisotopic (exact) mass is 271 g/mol. The third-order valence-corrected chi connectivity index (χ3v) is 3.15. The van der Waals surface area contributed by atoms with Gasteiger partial charge in [0, 0.05) is 0 Å². The minimum absolute atomic E-state index is 0.249. The van der Waals surface area contributed by atoms with E-state index in [-0.39, 0.29) is 5.91 Å². The Labute approximate surface area is 114 Å². The Morgan fingerprint density at radius 2 is 2.00 bits per heavy atom. The van der Waals surface area contributed by atoms with Crippen molar-refractivity contribution in [3.05, 3.63) is 59.4 Å². The van der Waals surface area contributed by atoms with Gasteiger partial charge in [0.2, 0.25) is 0 Å². The molecule has 3 aromatic rings. The highest BCUT2D eigenvalue weighted by Crippen LogP contribution is 2.22. The first-order valence-corrected chi connectivity index (χ1v) is 6.11. The fraction of sp³-hybridized carbons (Fsp3) is 0. The van der Waals surface area contributed by atoms with Crippen molar-refractivity contribution < 1.29 is 4.79 Å². The first-order chi connectivity index (χ1) is 9.25. The van der Waals surface area contributed by atoms with Gasteiger partial charge in [0.1, 0.15) is 5.52 Å². The van der Waals surface area contributed by atoms with E-state index in [1.807, 2.05) is 12.1 Å². The van der Waals surface area contributed by atoms with Crippen LogP contribution in [0.4, 0.5) is 5.69 Å². The number of benzene rings is 2. The molecular weight excluding hydrogens is 262 g/mol. The summed E-state index contributed by atoms with van der Waals surface area (Å²) in [6.45, 7) is 0. The molecule has 1 aromatic heterocycles. The van der Waals surface area contributed by atoms with Crippen molar-refractivity contribution in [1.82, 2.24) is 9.97 Å². The van der Waals surface area contributed by atoms with Crippen LogP contribution in [-0.4, -0.2) is 15.9 Å². The van der Waals surface area contributed by atoms with Crippen molar-refractivity contribution in [1.29, 1.82) is 0 Å². The summed E-state index contributed by atoms with van der Waals surface area (Å²) in [6.07, 6.45) is 1.59. The predicted molar refractivity (Wildman–Crippen MR) is 75.5 cm³/mol. The Kier molecular flexibility index (Phi) is 2.93. The van der Waals surface area contributed by atoms with Crippen LogP contribution in [0.3, 0.4) is 0 Å². The predicted octanol–water partition coefficient (Wildman–Crippen LogP) is 3.47. The lowest BCUT2D eigenvalue weighted by Gasteiger charge is -2.07. The van der Waals surface area contributed by atoms with Crippen LogP contribution in [0.1, 0.15) is 10.4 Å². The molecule has 0 atom stereocenters. The number of carbonyl (C=O) groups is 1. The maximum Gasteiger partial charge on any atom is 0.257 e. The highest BCUT2D eigenvalue weighted by atomic mass is 35.5. The molecule has 19 heavy (non-hydrogen) atoms. The molecule has 94 valence electrons. The van der Waals surface area contributed by atoms with Gasteiger partial charge in [-0.15, -0.1) is 0 Å². The number of aromatic amines is 1. The van der Waals surface area contributed by atoms with Crippen molar-refractivity contribution >= 4 is 34.2 Å². The Hall–Kier alpha value is -2.33. The number of halogens is 1. The molecule has 0 aliphatic heterocycles. The zero-order valence-corrected chi connectivity index (χ0v) is 10.6. The summed E-state index contributed by atoms with van der Waals surface area (Å²) in [6, 6.07) is 12.5. The van der Waals surface area contributed by atoms with Gasteiger partial charge in [-0.25, -0.2) is 4.98 Å². The highest BCUT2D eigenvalue weighted by molar-refractivity contribution is 6.34. The summed E-state index contributed by atoms with van der Waals surface area (Å²) in [7, 11) is 0. The van der Waals surface area contributed by atoms with Crippen LogP contribution in [0.15, 0.2) is 48.8 Å². The van der Waals surface area contributed by atoms with E-state index in [1.165, 1.54) is 0 Å². The molecule has 0 aliphatic rings. The average Bonchev–Trinajstić information content (AvgIpc) is 2.88. The number of rotatable bonds is 2. The second kappa shape index (κ2) is 4.74. The standard InChI is InChI=1S/C14H10ClN3O/c15-10-5-2-1-4-9(10)14(19)18-12-7-3-6-11-13(12)17-8-16-11/h1-8H,(H,16,17)(H,18,19). The molecule has 0 aliphatic carbocycles. The zero-order chi connectivity index (χ0) is 13.2. The van der Waals surface area contributed by atoms with E-state index in [4.69, 9.17) is 11.6 Å². The fourth-order valence-electron chi connectivity index (χ4n) is 1.90. The number of nitrogens with zero attached hydrogens (tertiary/aromatic N) is 1. The smallest absolute Gasteiger partial charge is 0.257 e. The molecule has 0 fully saturated rings. The Bertz CT molecular complexity index is 751. The SMILES string of the molecule is O=C(Nc1cccc2[nH]cnc12)c1ccccc1Cl. The molecule has 2 aromatic carbocycles. The summed E-state index contributed by atoms with van der Waals surface area (Å²) in [4.78, 5) is 19.3. The third-order valence-electron chi connectivity index (χ3n) is 2.82. The maximum absolute atomic E-state index is 12.2. The summed E-state index contributed by atoms with van der Waals surface area (Å²) in [5.41, 5.74) is 2.69. The van der Waals surface area contributed by atoms with Crippen molar-refractivity contribution in [3.63, 3.8) is 0 Å². The van der Waals surface area contributed by atoms with Crippen LogP contribution in [0.2, 0.25) is 5.02 Å². The fourth-order valence-corrected chi connectivity index (χ4v) is 2.12. The summed E-state index contributed by atoms with van der Waals surface area (Å²) in [5, 5.41) is 3.25. The Morgan fingerprint density at radius 1 is 1.16 bits per heavy atom. The number of hydrogen-bond donors (Lipinski definition) is 2. The molecular formula is C14H10ClN3O. The molecule has 2 N–H and O–H groups in total. The van der Waals surface area contributed by atoms with Crippen molar-refractivity contribution in [2.45, 2.75) is 0 Å². The maximum atomic E-state index is 12.2. The first kappa shape index (κ1) is 11.7. The zero-order valence-electron chi connectivity index (χ0n) is 9.85. The van der Waals surface area contributed by atoms with Gasteiger partial charge in [-0.1, -0.05) is 29.8 Å². The highest BCUT2D eigenvalue weighted by Gasteiger charge is 2.11. The van der Waals surface area contributed by atoms with E-state index in [0.717, 1.165) is 11.0 Å². The molecule has 0 radical (unpaired) electrons. The molecule has 0 saturated heterocycles. The lowest BCUT2D eigenvalue weighted by molar-refractivity contribution is 0.102. The molecule has 0 saturated carbocycles. The van der Waals surface area contributed by atoms with Gasteiger partial charge in [-0.3, -0.25) is 4.79 Å². The topological polar surface area (TPSA) is 57.8 Å². The lowest BCUT2D eigenvalue weighted by atomic mass is 10.2.